The highest BCUT2D eigenvalue weighted by Gasteiger charge is 2.26. The van der Waals surface area contributed by atoms with E-state index in [1.807, 2.05) is 13.8 Å². The van der Waals surface area contributed by atoms with Gasteiger partial charge in [0.15, 0.2) is 0 Å². The van der Waals surface area contributed by atoms with Crippen LogP contribution in [0, 0.1) is 27.4 Å². The molecule has 1 unspecified atom stereocenters. The van der Waals surface area contributed by atoms with Crippen LogP contribution in [0.5, 0.6) is 0 Å². The number of benzene rings is 1. The van der Waals surface area contributed by atoms with E-state index in [1.54, 1.807) is 6.07 Å². The average molecular weight is 353 g/mol. The van der Waals surface area contributed by atoms with Gasteiger partial charge in [0, 0.05) is 11.1 Å². The van der Waals surface area contributed by atoms with Crippen molar-refractivity contribution in [2.45, 2.75) is 26.3 Å². The molecule has 128 valence electrons. The van der Waals surface area contributed by atoms with Crippen molar-refractivity contribution in [3.05, 3.63) is 38.9 Å². The molecule has 0 saturated carbocycles. The fraction of sp³-hybridized carbons (Fsp3) is 0.400. The predicted molar refractivity (Wildman–Crippen MR) is 87.4 cm³/mol. The van der Waals surface area contributed by atoms with Crippen LogP contribution >= 0.6 is 11.6 Å². The third kappa shape index (κ3) is 5.52. The molecule has 0 aliphatic carbocycles. The van der Waals surface area contributed by atoms with Crippen molar-refractivity contribution >= 4 is 29.1 Å². The third-order valence-electron chi connectivity index (χ3n) is 3.07. The van der Waals surface area contributed by atoms with Crippen molar-refractivity contribution in [1.29, 1.82) is 5.26 Å². The van der Waals surface area contributed by atoms with Crippen molar-refractivity contribution < 1.29 is 14.5 Å². The van der Waals surface area contributed by atoms with Crippen LogP contribution in [0.15, 0.2) is 18.2 Å². The maximum absolute atomic E-state index is 12.4. The molecule has 0 spiro atoms. The lowest BCUT2D eigenvalue weighted by molar-refractivity contribution is -0.385. The summed E-state index contributed by atoms with van der Waals surface area (Å²) in [7, 11) is 0. The van der Waals surface area contributed by atoms with Crippen LogP contribution in [-0.4, -0.2) is 29.3 Å². The average Bonchev–Trinajstić information content (AvgIpc) is 2.50. The van der Waals surface area contributed by atoms with Gasteiger partial charge < -0.3 is 10.6 Å². The zero-order chi connectivity index (χ0) is 18.3. The molecular formula is C15H17ClN4O4. The normalized spacial score (nSPS) is 11.5. The van der Waals surface area contributed by atoms with Crippen molar-refractivity contribution in [2.24, 2.45) is 5.92 Å². The number of amides is 2. The first-order valence-electron chi connectivity index (χ1n) is 7.15. The summed E-state index contributed by atoms with van der Waals surface area (Å²) in [5.41, 5.74) is -0.632. The maximum atomic E-state index is 12.4. The first-order valence-corrected chi connectivity index (χ1v) is 7.53. The molecule has 1 aromatic carbocycles. The summed E-state index contributed by atoms with van der Waals surface area (Å²) in [4.78, 5) is 34.8. The summed E-state index contributed by atoms with van der Waals surface area (Å²) in [5, 5.41) is 24.6. The lowest BCUT2D eigenvalue weighted by Gasteiger charge is -2.19. The Kier molecular flexibility index (Phi) is 7.14. The van der Waals surface area contributed by atoms with Gasteiger partial charge in [0.25, 0.3) is 11.6 Å². The van der Waals surface area contributed by atoms with Gasteiger partial charge in [0.1, 0.15) is 18.2 Å². The highest BCUT2D eigenvalue weighted by Crippen LogP contribution is 2.23. The van der Waals surface area contributed by atoms with Gasteiger partial charge in [0.2, 0.25) is 5.91 Å². The van der Waals surface area contributed by atoms with Crippen LogP contribution in [-0.2, 0) is 4.79 Å². The number of carbonyl (C=O) groups excluding carboxylic acids is 2. The van der Waals surface area contributed by atoms with E-state index in [2.05, 4.69) is 10.6 Å². The lowest BCUT2D eigenvalue weighted by Crippen LogP contribution is -2.47. The standard InChI is InChI=1S/C15H17ClN4O4/c1-9(2)7-12(15(22)18-6-5-17)19-14(21)11-8-10(16)3-4-13(11)20(23)24/h3-4,8-9,12H,6-7H2,1-2H3,(H,18,22)(H,19,21). The Morgan fingerprint density at radius 1 is 1.42 bits per heavy atom. The highest BCUT2D eigenvalue weighted by molar-refractivity contribution is 6.31. The molecule has 1 atom stereocenters. The SMILES string of the molecule is CC(C)CC(NC(=O)c1cc(Cl)ccc1[N+](=O)[O-])C(=O)NCC#N. The molecule has 0 saturated heterocycles. The van der Waals surface area contributed by atoms with E-state index in [4.69, 9.17) is 16.9 Å². The maximum Gasteiger partial charge on any atom is 0.282 e. The molecule has 1 rings (SSSR count). The van der Waals surface area contributed by atoms with Crippen molar-refractivity contribution in [3.8, 4) is 6.07 Å². The molecule has 0 aromatic heterocycles. The summed E-state index contributed by atoms with van der Waals surface area (Å²) in [6, 6.07) is 4.47. The van der Waals surface area contributed by atoms with Crippen molar-refractivity contribution in [1.82, 2.24) is 10.6 Å². The summed E-state index contributed by atoms with van der Waals surface area (Å²) >= 11 is 5.80. The predicted octanol–water partition coefficient (Wildman–Crippen LogP) is 2.03. The first-order chi connectivity index (χ1) is 11.3. The Morgan fingerprint density at radius 2 is 2.08 bits per heavy atom. The van der Waals surface area contributed by atoms with Gasteiger partial charge in [-0.25, -0.2) is 0 Å². The Balaban J connectivity index is 3.04. The van der Waals surface area contributed by atoms with Crippen LogP contribution in [0.4, 0.5) is 5.69 Å². The van der Waals surface area contributed by atoms with E-state index in [-0.39, 0.29) is 23.0 Å². The third-order valence-corrected chi connectivity index (χ3v) is 3.31. The number of halogens is 1. The molecule has 1 aromatic rings. The zero-order valence-corrected chi connectivity index (χ0v) is 14.0. The van der Waals surface area contributed by atoms with Crippen LogP contribution in [0.25, 0.3) is 0 Å². The molecule has 0 aliphatic heterocycles. The lowest BCUT2D eigenvalue weighted by atomic mass is 10.0. The Bertz CT molecular complexity index is 685. The second-order valence-electron chi connectivity index (χ2n) is 5.45. The van der Waals surface area contributed by atoms with Gasteiger partial charge >= 0.3 is 0 Å². The van der Waals surface area contributed by atoms with Crippen LogP contribution in [0.2, 0.25) is 5.02 Å². The number of nitriles is 1. The molecule has 0 bridgehead atoms. The summed E-state index contributed by atoms with van der Waals surface area (Å²) in [5.74, 6) is -1.22. The van der Waals surface area contributed by atoms with E-state index in [9.17, 15) is 19.7 Å². The number of nitro benzene ring substituents is 1. The minimum atomic E-state index is -0.913. The topological polar surface area (TPSA) is 125 Å². The van der Waals surface area contributed by atoms with Crippen LogP contribution in [0.1, 0.15) is 30.6 Å². The molecule has 0 aliphatic rings. The quantitative estimate of drug-likeness (QED) is 0.441. The zero-order valence-electron chi connectivity index (χ0n) is 13.2. The number of hydrogen-bond donors (Lipinski definition) is 2. The van der Waals surface area contributed by atoms with Gasteiger partial charge in [-0.3, -0.25) is 19.7 Å². The summed E-state index contributed by atoms with van der Waals surface area (Å²) < 4.78 is 0. The number of carbonyl (C=O) groups is 2. The molecule has 2 amide bonds. The van der Waals surface area contributed by atoms with Gasteiger partial charge in [-0.15, -0.1) is 0 Å². The summed E-state index contributed by atoms with van der Waals surface area (Å²) in [6.07, 6.45) is 0.317. The molecular weight excluding hydrogens is 336 g/mol. The Labute approximate surface area is 143 Å². The van der Waals surface area contributed by atoms with E-state index in [1.165, 1.54) is 12.1 Å². The first kappa shape index (κ1) is 19.4. The van der Waals surface area contributed by atoms with Crippen molar-refractivity contribution in [3.63, 3.8) is 0 Å². The fourth-order valence-electron chi connectivity index (χ4n) is 2.04. The minimum Gasteiger partial charge on any atom is -0.341 e. The fourth-order valence-corrected chi connectivity index (χ4v) is 2.21. The summed E-state index contributed by atoms with van der Waals surface area (Å²) in [6.45, 7) is 3.53. The Hall–Kier alpha value is -2.66. The monoisotopic (exact) mass is 352 g/mol. The van der Waals surface area contributed by atoms with E-state index >= 15 is 0 Å². The van der Waals surface area contributed by atoms with Gasteiger partial charge in [-0.1, -0.05) is 25.4 Å². The number of nitro groups is 1. The molecule has 0 fully saturated rings. The number of nitrogens with zero attached hydrogens (tertiary/aromatic N) is 2. The Morgan fingerprint density at radius 3 is 2.62 bits per heavy atom. The van der Waals surface area contributed by atoms with E-state index in [0.29, 0.717) is 6.42 Å². The minimum absolute atomic E-state index is 0.0810. The molecule has 0 radical (unpaired) electrons. The smallest absolute Gasteiger partial charge is 0.282 e. The second-order valence-corrected chi connectivity index (χ2v) is 5.89. The number of nitrogens with one attached hydrogen (secondary N) is 2. The molecule has 9 heteroatoms. The van der Waals surface area contributed by atoms with E-state index in [0.717, 1.165) is 6.07 Å². The van der Waals surface area contributed by atoms with E-state index < -0.39 is 28.5 Å². The molecule has 8 nitrogen and oxygen atoms in total. The van der Waals surface area contributed by atoms with Crippen molar-refractivity contribution in [2.75, 3.05) is 6.54 Å². The van der Waals surface area contributed by atoms with Crippen LogP contribution < -0.4 is 10.6 Å². The number of hydrogen-bond acceptors (Lipinski definition) is 5. The van der Waals surface area contributed by atoms with Crippen LogP contribution in [0.3, 0.4) is 0 Å². The molecule has 2 N–H and O–H groups in total. The van der Waals surface area contributed by atoms with Gasteiger partial charge in [-0.2, -0.15) is 5.26 Å². The van der Waals surface area contributed by atoms with Gasteiger partial charge in [-0.05, 0) is 24.5 Å². The largest absolute Gasteiger partial charge is 0.341 e. The van der Waals surface area contributed by atoms with Gasteiger partial charge in [0.05, 0.1) is 11.0 Å². The second kappa shape index (κ2) is 8.84. The number of rotatable bonds is 7. The molecule has 0 heterocycles. The molecule has 24 heavy (non-hydrogen) atoms. The highest BCUT2D eigenvalue weighted by atomic mass is 35.5.